The van der Waals surface area contributed by atoms with E-state index < -0.39 is 0 Å². The molecule has 1 aromatic rings. The van der Waals surface area contributed by atoms with E-state index in [2.05, 4.69) is 49.7 Å². The second-order valence-electron chi connectivity index (χ2n) is 5.23. The van der Waals surface area contributed by atoms with Crippen LogP contribution in [0.4, 0.5) is 0 Å². The lowest BCUT2D eigenvalue weighted by Crippen LogP contribution is -2.21. The molecule has 0 spiro atoms. The summed E-state index contributed by atoms with van der Waals surface area (Å²) in [5.41, 5.74) is 2.77. The van der Waals surface area contributed by atoms with Gasteiger partial charge in [-0.15, -0.1) is 0 Å². The summed E-state index contributed by atoms with van der Waals surface area (Å²) in [6.45, 7) is 5.55. The standard InChI is InChI=1S/C17H29NS/c1-4-17(16-11-9-15(2)10-12-16)18-13-7-5-6-8-14-19-3/h9-12,17-18H,4-8,13-14H2,1-3H3. The molecule has 2 heteroatoms. The van der Waals surface area contributed by atoms with E-state index in [1.54, 1.807) is 0 Å². The van der Waals surface area contributed by atoms with Gasteiger partial charge in [-0.05, 0) is 50.3 Å². The van der Waals surface area contributed by atoms with Gasteiger partial charge in [-0.1, -0.05) is 49.6 Å². The third-order valence-corrected chi connectivity index (χ3v) is 4.25. The molecule has 0 amide bonds. The number of thioether (sulfide) groups is 1. The van der Waals surface area contributed by atoms with Gasteiger partial charge in [-0.3, -0.25) is 0 Å². The number of rotatable bonds is 10. The van der Waals surface area contributed by atoms with E-state index in [9.17, 15) is 0 Å². The molecular formula is C17H29NS. The Hall–Kier alpha value is -0.470. The van der Waals surface area contributed by atoms with Gasteiger partial charge in [0.1, 0.15) is 0 Å². The van der Waals surface area contributed by atoms with Crippen molar-refractivity contribution in [3.63, 3.8) is 0 Å². The Labute approximate surface area is 123 Å². The molecule has 0 saturated heterocycles. The predicted molar refractivity (Wildman–Crippen MR) is 89.1 cm³/mol. The fraction of sp³-hybridized carbons (Fsp3) is 0.647. The number of hydrogen-bond acceptors (Lipinski definition) is 2. The topological polar surface area (TPSA) is 12.0 Å². The summed E-state index contributed by atoms with van der Waals surface area (Å²) in [6.07, 6.45) is 8.76. The molecule has 1 unspecified atom stereocenters. The quantitative estimate of drug-likeness (QED) is 0.608. The highest BCUT2D eigenvalue weighted by Crippen LogP contribution is 2.17. The first-order valence-electron chi connectivity index (χ1n) is 7.56. The monoisotopic (exact) mass is 279 g/mol. The van der Waals surface area contributed by atoms with E-state index in [1.165, 1.54) is 42.6 Å². The zero-order valence-electron chi connectivity index (χ0n) is 12.7. The summed E-state index contributed by atoms with van der Waals surface area (Å²) in [4.78, 5) is 0. The lowest BCUT2D eigenvalue weighted by atomic mass is 10.0. The Morgan fingerprint density at radius 3 is 2.37 bits per heavy atom. The van der Waals surface area contributed by atoms with Crippen LogP contribution in [0.2, 0.25) is 0 Å². The van der Waals surface area contributed by atoms with Crippen LogP contribution in [0.1, 0.15) is 56.2 Å². The highest BCUT2D eigenvalue weighted by Gasteiger charge is 2.07. The van der Waals surface area contributed by atoms with Crippen molar-refractivity contribution in [2.75, 3.05) is 18.6 Å². The lowest BCUT2D eigenvalue weighted by molar-refractivity contribution is 0.498. The number of nitrogens with one attached hydrogen (secondary N) is 1. The highest BCUT2D eigenvalue weighted by molar-refractivity contribution is 7.98. The second-order valence-corrected chi connectivity index (χ2v) is 6.22. The van der Waals surface area contributed by atoms with E-state index in [4.69, 9.17) is 0 Å². The summed E-state index contributed by atoms with van der Waals surface area (Å²) < 4.78 is 0. The van der Waals surface area contributed by atoms with Crippen molar-refractivity contribution < 1.29 is 0 Å². The Bertz CT molecular complexity index is 321. The zero-order chi connectivity index (χ0) is 13.9. The minimum atomic E-state index is 0.520. The summed E-state index contributed by atoms with van der Waals surface area (Å²) in [5, 5.41) is 3.69. The maximum Gasteiger partial charge on any atom is 0.0317 e. The van der Waals surface area contributed by atoms with Gasteiger partial charge >= 0.3 is 0 Å². The molecule has 1 rings (SSSR count). The first-order chi connectivity index (χ1) is 9.27. The van der Waals surface area contributed by atoms with Crippen LogP contribution >= 0.6 is 11.8 Å². The molecule has 1 nitrogen and oxygen atoms in total. The van der Waals surface area contributed by atoms with Gasteiger partial charge in [0.05, 0.1) is 0 Å². The predicted octanol–water partition coefficient (Wildman–Crippen LogP) is 4.96. The van der Waals surface area contributed by atoms with Crippen molar-refractivity contribution in [2.24, 2.45) is 0 Å². The van der Waals surface area contributed by atoms with E-state index >= 15 is 0 Å². The van der Waals surface area contributed by atoms with Gasteiger partial charge in [0.15, 0.2) is 0 Å². The van der Waals surface area contributed by atoms with Gasteiger partial charge in [0.25, 0.3) is 0 Å². The van der Waals surface area contributed by atoms with Crippen molar-refractivity contribution in [3.8, 4) is 0 Å². The SMILES string of the molecule is CCC(NCCCCCCSC)c1ccc(C)cc1. The highest BCUT2D eigenvalue weighted by atomic mass is 32.2. The summed E-state index contributed by atoms with van der Waals surface area (Å²) in [6, 6.07) is 9.46. The van der Waals surface area contributed by atoms with Crippen LogP contribution in [0.3, 0.4) is 0 Å². The molecule has 1 atom stereocenters. The maximum absolute atomic E-state index is 3.69. The van der Waals surface area contributed by atoms with E-state index in [-0.39, 0.29) is 0 Å². The molecule has 0 aliphatic heterocycles. The summed E-state index contributed by atoms with van der Waals surface area (Å²) in [5.74, 6) is 1.31. The fourth-order valence-corrected chi connectivity index (χ4v) is 2.79. The molecule has 108 valence electrons. The van der Waals surface area contributed by atoms with E-state index in [1.807, 2.05) is 11.8 Å². The van der Waals surface area contributed by atoms with Crippen LogP contribution in [0.15, 0.2) is 24.3 Å². The minimum Gasteiger partial charge on any atom is -0.310 e. The molecular weight excluding hydrogens is 250 g/mol. The third kappa shape index (κ3) is 7.03. The Morgan fingerprint density at radius 1 is 1.05 bits per heavy atom. The van der Waals surface area contributed by atoms with Crippen LogP contribution in [0, 0.1) is 6.92 Å². The van der Waals surface area contributed by atoms with Gasteiger partial charge in [0, 0.05) is 6.04 Å². The number of benzene rings is 1. The number of unbranched alkanes of at least 4 members (excludes halogenated alkanes) is 3. The Morgan fingerprint density at radius 2 is 1.74 bits per heavy atom. The molecule has 0 aromatic heterocycles. The van der Waals surface area contributed by atoms with Crippen LogP contribution in [-0.4, -0.2) is 18.6 Å². The molecule has 0 heterocycles. The third-order valence-electron chi connectivity index (χ3n) is 3.55. The normalized spacial score (nSPS) is 12.6. The molecule has 0 saturated carbocycles. The molecule has 1 N–H and O–H groups in total. The van der Waals surface area contributed by atoms with Crippen LogP contribution < -0.4 is 5.32 Å². The van der Waals surface area contributed by atoms with Crippen LogP contribution in [0.25, 0.3) is 0 Å². The van der Waals surface area contributed by atoms with Crippen LogP contribution in [0.5, 0.6) is 0 Å². The van der Waals surface area contributed by atoms with Gasteiger partial charge in [-0.25, -0.2) is 0 Å². The fourth-order valence-electron chi connectivity index (χ4n) is 2.30. The molecule has 0 aliphatic carbocycles. The van der Waals surface area contributed by atoms with E-state index in [0.717, 1.165) is 13.0 Å². The number of hydrogen-bond donors (Lipinski definition) is 1. The van der Waals surface area contributed by atoms with Crippen molar-refractivity contribution in [3.05, 3.63) is 35.4 Å². The first kappa shape index (κ1) is 16.6. The van der Waals surface area contributed by atoms with Gasteiger partial charge in [-0.2, -0.15) is 11.8 Å². The largest absolute Gasteiger partial charge is 0.310 e. The van der Waals surface area contributed by atoms with Crippen molar-refractivity contribution in [2.45, 2.75) is 52.0 Å². The molecule has 0 fully saturated rings. The average molecular weight is 279 g/mol. The minimum absolute atomic E-state index is 0.520. The van der Waals surface area contributed by atoms with Gasteiger partial charge < -0.3 is 5.32 Å². The second kappa shape index (κ2) is 10.3. The van der Waals surface area contributed by atoms with Crippen molar-refractivity contribution in [1.82, 2.24) is 5.32 Å². The molecule has 1 aromatic carbocycles. The maximum atomic E-state index is 3.69. The van der Waals surface area contributed by atoms with Crippen molar-refractivity contribution in [1.29, 1.82) is 0 Å². The van der Waals surface area contributed by atoms with Crippen LogP contribution in [-0.2, 0) is 0 Å². The Kier molecular flexibility index (Phi) is 9.02. The Balaban J connectivity index is 2.20. The number of aryl methyl sites for hydroxylation is 1. The van der Waals surface area contributed by atoms with Gasteiger partial charge in [0.2, 0.25) is 0 Å². The van der Waals surface area contributed by atoms with Crippen molar-refractivity contribution >= 4 is 11.8 Å². The van der Waals surface area contributed by atoms with E-state index in [0.29, 0.717) is 6.04 Å². The molecule has 0 radical (unpaired) electrons. The first-order valence-corrected chi connectivity index (χ1v) is 8.96. The molecule has 0 bridgehead atoms. The lowest BCUT2D eigenvalue weighted by Gasteiger charge is -2.17. The summed E-state index contributed by atoms with van der Waals surface area (Å²) >= 11 is 1.96. The zero-order valence-corrected chi connectivity index (χ0v) is 13.6. The molecule has 0 aliphatic rings. The smallest absolute Gasteiger partial charge is 0.0317 e. The summed E-state index contributed by atoms with van der Waals surface area (Å²) in [7, 11) is 0. The molecule has 19 heavy (non-hydrogen) atoms. The average Bonchev–Trinajstić information content (AvgIpc) is 2.43.